The van der Waals surface area contributed by atoms with E-state index in [9.17, 15) is 8.42 Å². The minimum Gasteiger partial charge on any atom is -0.490 e. The number of benzene rings is 4. The van der Waals surface area contributed by atoms with E-state index in [-0.39, 0.29) is 11.0 Å². The number of aryl methyl sites for hydroxylation is 1. The van der Waals surface area contributed by atoms with E-state index < -0.39 is 20.4 Å². The van der Waals surface area contributed by atoms with Gasteiger partial charge in [0, 0.05) is 14.7 Å². The predicted octanol–water partition coefficient (Wildman–Crippen LogP) is 8.31. The van der Waals surface area contributed by atoms with Crippen LogP contribution in [-0.2, 0) is 13.7 Å². The fourth-order valence-electron chi connectivity index (χ4n) is 4.71. The molecule has 0 atom stereocenters. The molecule has 0 aliphatic heterocycles. The highest BCUT2D eigenvalue weighted by Crippen LogP contribution is 2.70. The largest absolute Gasteiger partial charge is 0.490 e. The molecule has 0 heterocycles. The molecule has 6 heteroatoms. The van der Waals surface area contributed by atoms with Crippen molar-refractivity contribution in [1.29, 1.82) is 0 Å². The van der Waals surface area contributed by atoms with E-state index in [0.29, 0.717) is 0 Å². The van der Waals surface area contributed by atoms with E-state index in [1.807, 2.05) is 91.9 Å². The molecule has 1 saturated carbocycles. The molecule has 0 aromatic heterocycles. The summed E-state index contributed by atoms with van der Waals surface area (Å²) in [6.45, 7) is 1.93. The van der Waals surface area contributed by atoms with Crippen molar-refractivity contribution in [2.24, 2.45) is 0 Å². The lowest BCUT2D eigenvalue weighted by molar-refractivity contribution is 0.155. The van der Waals surface area contributed by atoms with Gasteiger partial charge in [-0.2, -0.15) is 8.42 Å². The van der Waals surface area contributed by atoms with Gasteiger partial charge >= 0.3 is 10.1 Å². The maximum Gasteiger partial charge on any atom is 0.307 e. The minimum atomic E-state index is -4.11. The topological polar surface area (TPSA) is 52.6 Å². The van der Waals surface area contributed by atoms with Crippen molar-refractivity contribution in [3.63, 3.8) is 0 Å². The lowest BCUT2D eigenvalue weighted by Gasteiger charge is -2.39. The van der Waals surface area contributed by atoms with Gasteiger partial charge in [0.2, 0.25) is 0 Å². The van der Waals surface area contributed by atoms with Crippen LogP contribution >= 0.6 is 10.3 Å². The summed E-state index contributed by atoms with van der Waals surface area (Å²) in [7, 11) is -6.75. The average Bonchev–Trinajstić information content (AvgIpc) is 2.94. The van der Waals surface area contributed by atoms with Gasteiger partial charge in [0.1, 0.15) is 5.75 Å². The third-order valence-corrected chi connectivity index (χ3v) is 11.9. The van der Waals surface area contributed by atoms with Crippen LogP contribution in [0.2, 0.25) is 0 Å². The predicted molar refractivity (Wildman–Crippen MR) is 149 cm³/mol. The molecule has 0 saturated heterocycles. The van der Waals surface area contributed by atoms with Crippen LogP contribution in [0.25, 0.3) is 0 Å². The third kappa shape index (κ3) is 5.61. The Balaban J connectivity index is 1.63. The molecule has 0 N–H and O–H groups in total. The van der Waals surface area contributed by atoms with Gasteiger partial charge in [0.15, 0.2) is 0 Å². The zero-order chi connectivity index (χ0) is 25.7. The third-order valence-electron chi connectivity index (χ3n) is 6.66. The van der Waals surface area contributed by atoms with Crippen molar-refractivity contribution in [1.82, 2.24) is 0 Å². The highest BCUT2D eigenvalue weighted by Gasteiger charge is 2.38. The molecule has 0 unspecified atom stereocenters. The van der Waals surface area contributed by atoms with Crippen LogP contribution in [0.15, 0.2) is 129 Å². The van der Waals surface area contributed by atoms with Gasteiger partial charge in [-0.25, -0.2) is 3.63 Å². The Bertz CT molecular complexity index is 1360. The number of hydrogen-bond donors (Lipinski definition) is 0. The van der Waals surface area contributed by atoms with Gasteiger partial charge < -0.3 is 4.74 Å². The maximum atomic E-state index is 13.8. The van der Waals surface area contributed by atoms with Crippen molar-refractivity contribution in [3.8, 4) is 5.75 Å². The van der Waals surface area contributed by atoms with E-state index in [1.54, 1.807) is 24.3 Å². The molecular formula is C31H32O4S2. The second kappa shape index (κ2) is 11.1. The lowest BCUT2D eigenvalue weighted by atomic mass is 9.98. The number of hydrogen-bond acceptors (Lipinski definition) is 4. The second-order valence-electron chi connectivity index (χ2n) is 9.37. The Morgan fingerprint density at radius 1 is 0.595 bits per heavy atom. The minimum absolute atomic E-state index is 0.138. The number of ether oxygens (including phenoxy) is 1. The second-order valence-corrected chi connectivity index (χ2v) is 13.8. The van der Waals surface area contributed by atoms with Crippen LogP contribution in [0.1, 0.15) is 37.7 Å². The zero-order valence-corrected chi connectivity index (χ0v) is 22.6. The van der Waals surface area contributed by atoms with Gasteiger partial charge in [0.05, 0.1) is 11.0 Å². The highest BCUT2D eigenvalue weighted by atomic mass is 32.3. The summed E-state index contributed by atoms with van der Waals surface area (Å²) in [5, 5.41) is 0. The van der Waals surface area contributed by atoms with Crippen LogP contribution in [0.3, 0.4) is 0 Å². The smallest absolute Gasteiger partial charge is 0.307 e. The molecule has 1 fully saturated rings. The summed E-state index contributed by atoms with van der Waals surface area (Å²) in [4.78, 5) is 2.53. The normalized spacial score (nSPS) is 15.3. The SMILES string of the molecule is Cc1ccc(S(=O)(=O)OS(c2ccccc2)(c2ccccc2)c2ccc(OC3CCCCC3)cc2)cc1. The Labute approximate surface area is 221 Å². The zero-order valence-electron chi connectivity index (χ0n) is 21.0. The Morgan fingerprint density at radius 2 is 1.08 bits per heavy atom. The summed E-state index contributed by atoms with van der Waals surface area (Å²) >= 11 is 0. The quantitative estimate of drug-likeness (QED) is 0.229. The van der Waals surface area contributed by atoms with Crippen molar-refractivity contribution < 1.29 is 16.8 Å². The van der Waals surface area contributed by atoms with Crippen LogP contribution in [0.4, 0.5) is 0 Å². The van der Waals surface area contributed by atoms with Crippen molar-refractivity contribution in [2.75, 3.05) is 0 Å². The molecule has 5 rings (SSSR count). The standard InChI is InChI=1S/C31H32O4S2/c1-25-17-21-31(22-18-25)37(32,33)35-36(28-13-7-3-8-14-28,29-15-9-4-10-16-29)30-23-19-27(20-24-30)34-26-11-5-2-6-12-26/h3-4,7-10,13-24,26H,2,5-6,11-12H2,1H3. The summed E-state index contributed by atoms with van der Waals surface area (Å²) < 4.78 is 40.2. The first-order chi connectivity index (χ1) is 18.0. The fourth-order valence-corrected chi connectivity index (χ4v) is 9.93. The first-order valence-corrected chi connectivity index (χ1v) is 15.7. The number of rotatable bonds is 8. The maximum absolute atomic E-state index is 13.8. The first-order valence-electron chi connectivity index (χ1n) is 12.7. The molecule has 4 nitrogen and oxygen atoms in total. The van der Waals surface area contributed by atoms with Gasteiger partial charge in [0.25, 0.3) is 0 Å². The van der Waals surface area contributed by atoms with Crippen molar-refractivity contribution in [3.05, 3.63) is 115 Å². The average molecular weight is 533 g/mol. The molecule has 4 aromatic rings. The van der Waals surface area contributed by atoms with E-state index in [4.69, 9.17) is 8.37 Å². The molecular weight excluding hydrogens is 500 g/mol. The Hall–Kier alpha value is -3.06. The van der Waals surface area contributed by atoms with Crippen LogP contribution in [0, 0.1) is 6.92 Å². The van der Waals surface area contributed by atoms with E-state index >= 15 is 0 Å². The Morgan fingerprint density at radius 3 is 1.62 bits per heavy atom. The first kappa shape index (κ1) is 25.6. The molecule has 0 amide bonds. The molecule has 0 radical (unpaired) electrons. The molecule has 0 spiro atoms. The van der Waals surface area contributed by atoms with E-state index in [1.165, 1.54) is 19.3 Å². The Kier molecular flexibility index (Phi) is 7.70. The molecule has 37 heavy (non-hydrogen) atoms. The monoisotopic (exact) mass is 532 g/mol. The van der Waals surface area contributed by atoms with Crippen LogP contribution in [-0.4, -0.2) is 14.5 Å². The molecule has 4 aromatic carbocycles. The summed E-state index contributed by atoms with van der Waals surface area (Å²) in [5.41, 5.74) is 0.984. The summed E-state index contributed by atoms with van der Waals surface area (Å²) in [5.74, 6) is 0.798. The van der Waals surface area contributed by atoms with Crippen LogP contribution < -0.4 is 4.74 Å². The van der Waals surface area contributed by atoms with Crippen molar-refractivity contribution >= 4 is 20.4 Å². The van der Waals surface area contributed by atoms with Gasteiger partial charge in [-0.05, 0) is 104 Å². The lowest BCUT2D eigenvalue weighted by Crippen LogP contribution is -2.19. The van der Waals surface area contributed by atoms with E-state index in [2.05, 4.69) is 0 Å². The molecule has 1 aliphatic carbocycles. The molecule has 192 valence electrons. The van der Waals surface area contributed by atoms with Crippen molar-refractivity contribution in [2.45, 2.75) is 64.7 Å². The van der Waals surface area contributed by atoms with Gasteiger partial charge in [-0.1, -0.05) is 60.5 Å². The van der Waals surface area contributed by atoms with E-state index in [0.717, 1.165) is 38.8 Å². The molecule has 0 bridgehead atoms. The van der Waals surface area contributed by atoms with Gasteiger partial charge in [-0.15, -0.1) is 0 Å². The fraction of sp³-hybridized carbons (Fsp3) is 0.226. The van der Waals surface area contributed by atoms with Crippen LogP contribution in [0.5, 0.6) is 5.75 Å². The van der Waals surface area contributed by atoms with Gasteiger partial charge in [-0.3, -0.25) is 0 Å². The molecule has 1 aliphatic rings. The summed E-state index contributed by atoms with van der Waals surface area (Å²) in [6, 6.07) is 33.9. The summed E-state index contributed by atoms with van der Waals surface area (Å²) in [6.07, 6.45) is 6.04. The highest BCUT2D eigenvalue weighted by molar-refractivity contribution is 8.33.